The van der Waals surface area contributed by atoms with Gasteiger partial charge in [0.1, 0.15) is 0 Å². The number of benzene rings is 1. The van der Waals surface area contributed by atoms with Gasteiger partial charge in [-0.05, 0) is 18.2 Å². The molecule has 0 spiro atoms. The number of hydrogen-bond donors (Lipinski definition) is 3. The lowest BCUT2D eigenvalue weighted by atomic mass is 10.1. The maximum absolute atomic E-state index is 8.79. The number of allylic oxidation sites excluding steroid dienone is 3. The molecule has 22 heavy (non-hydrogen) atoms. The Labute approximate surface area is 127 Å². The van der Waals surface area contributed by atoms with Crippen molar-refractivity contribution in [2.75, 3.05) is 12.4 Å². The normalized spacial score (nSPS) is 13.9. The van der Waals surface area contributed by atoms with E-state index in [1.165, 1.54) is 0 Å². The van der Waals surface area contributed by atoms with E-state index < -0.39 is 10.4 Å². The Morgan fingerprint density at radius 2 is 1.86 bits per heavy atom. The van der Waals surface area contributed by atoms with E-state index in [1.807, 2.05) is 42.5 Å². The van der Waals surface area contributed by atoms with Crippen molar-refractivity contribution >= 4 is 21.8 Å². The molecule has 0 saturated heterocycles. The summed E-state index contributed by atoms with van der Waals surface area (Å²) in [5, 5.41) is 3.26. The molecule has 0 aliphatic heterocycles. The average Bonchev–Trinajstić information content (AvgIpc) is 2.46. The molecule has 0 heterocycles. The Kier molecular flexibility index (Phi) is 6.48. The van der Waals surface area contributed by atoms with Crippen LogP contribution in [-0.2, 0) is 15.1 Å². The zero-order valence-corrected chi connectivity index (χ0v) is 12.5. The summed E-state index contributed by atoms with van der Waals surface area (Å²) in [4.78, 5) is 3.19. The van der Waals surface area contributed by atoms with Gasteiger partial charge >= 0.3 is 16.1 Å². The SMILES string of the molecule is COC1=CC(Nc2ccccc2)=CCC1=[N+]=[N-].O=S(=O)(O)O. The number of anilines is 1. The second kappa shape index (κ2) is 8.11. The summed E-state index contributed by atoms with van der Waals surface area (Å²) >= 11 is 0. The molecule has 1 aliphatic carbocycles. The molecule has 3 N–H and O–H groups in total. The third kappa shape index (κ3) is 6.82. The molecule has 0 unspecified atom stereocenters. The molecule has 1 aromatic rings. The minimum absolute atomic E-state index is 0.533. The minimum atomic E-state index is -4.67. The maximum atomic E-state index is 8.79. The van der Waals surface area contributed by atoms with E-state index in [9.17, 15) is 0 Å². The topological polar surface area (TPSA) is 132 Å². The molecule has 1 aromatic carbocycles. The quantitative estimate of drug-likeness (QED) is 0.442. The van der Waals surface area contributed by atoms with E-state index in [-0.39, 0.29) is 0 Å². The number of nitrogens with zero attached hydrogens (tertiary/aromatic N) is 2. The van der Waals surface area contributed by atoms with Crippen molar-refractivity contribution in [3.8, 4) is 0 Å². The monoisotopic (exact) mass is 325 g/mol. The van der Waals surface area contributed by atoms with Gasteiger partial charge in [-0.3, -0.25) is 9.11 Å². The van der Waals surface area contributed by atoms with Crippen molar-refractivity contribution in [1.29, 1.82) is 0 Å². The van der Waals surface area contributed by atoms with E-state index >= 15 is 0 Å². The van der Waals surface area contributed by atoms with Crippen LogP contribution in [0, 0.1) is 0 Å². The van der Waals surface area contributed by atoms with Crippen molar-refractivity contribution in [2.24, 2.45) is 0 Å². The summed E-state index contributed by atoms with van der Waals surface area (Å²) in [5.74, 6) is 0.577. The molecule has 2 rings (SSSR count). The molecule has 1 aliphatic rings. The fourth-order valence-electron chi connectivity index (χ4n) is 1.63. The van der Waals surface area contributed by atoms with Crippen LogP contribution in [0.5, 0.6) is 0 Å². The standard InChI is InChI=1S/C13H13N3O.H2O4S/c1-17-13-9-11(7-8-12(13)16-14)15-10-5-3-2-4-6-10;1-5(2,3)4/h2-7,9,15H,8H2,1H3;(H2,1,2,3,4). The van der Waals surface area contributed by atoms with Gasteiger partial charge < -0.3 is 15.6 Å². The van der Waals surface area contributed by atoms with Gasteiger partial charge in [-0.1, -0.05) is 18.2 Å². The highest BCUT2D eigenvalue weighted by molar-refractivity contribution is 7.79. The molecule has 0 radical (unpaired) electrons. The molecule has 0 fully saturated rings. The molecule has 0 aromatic heterocycles. The summed E-state index contributed by atoms with van der Waals surface area (Å²) in [6.45, 7) is 0. The molecule has 9 heteroatoms. The zero-order chi connectivity index (χ0) is 16.6. The predicted octanol–water partition coefficient (Wildman–Crippen LogP) is 1.93. The molecule has 0 atom stereocenters. The Morgan fingerprint density at radius 1 is 1.27 bits per heavy atom. The van der Waals surface area contributed by atoms with Gasteiger partial charge in [-0.15, -0.1) is 0 Å². The number of methoxy groups -OCH3 is 1. The highest BCUT2D eigenvalue weighted by Gasteiger charge is 2.19. The highest BCUT2D eigenvalue weighted by atomic mass is 32.3. The van der Waals surface area contributed by atoms with Crippen LogP contribution < -0.4 is 5.32 Å². The van der Waals surface area contributed by atoms with Gasteiger partial charge in [0.25, 0.3) is 0 Å². The maximum Gasteiger partial charge on any atom is 0.394 e. The van der Waals surface area contributed by atoms with Crippen LogP contribution in [0.4, 0.5) is 5.69 Å². The summed E-state index contributed by atoms with van der Waals surface area (Å²) in [7, 11) is -3.11. The number of hydrogen-bond acceptors (Lipinski definition) is 4. The van der Waals surface area contributed by atoms with E-state index in [0.29, 0.717) is 17.9 Å². The minimum Gasteiger partial charge on any atom is -0.490 e. The van der Waals surface area contributed by atoms with E-state index in [1.54, 1.807) is 7.11 Å². The molecular weight excluding hydrogens is 310 g/mol. The molecule has 0 saturated carbocycles. The molecule has 0 bridgehead atoms. The lowest BCUT2D eigenvalue weighted by Crippen LogP contribution is -2.12. The van der Waals surface area contributed by atoms with Crippen molar-refractivity contribution in [3.05, 3.63) is 59.5 Å². The van der Waals surface area contributed by atoms with Crippen LogP contribution in [0.15, 0.2) is 53.9 Å². The van der Waals surface area contributed by atoms with Crippen LogP contribution >= 0.6 is 0 Å². The lowest BCUT2D eigenvalue weighted by Gasteiger charge is -2.12. The van der Waals surface area contributed by atoms with Crippen molar-refractivity contribution < 1.29 is 27.1 Å². The van der Waals surface area contributed by atoms with E-state index in [2.05, 4.69) is 10.1 Å². The van der Waals surface area contributed by atoms with Gasteiger partial charge in [-0.25, -0.2) is 0 Å². The van der Waals surface area contributed by atoms with Crippen LogP contribution in [-0.4, -0.2) is 35.1 Å². The van der Waals surface area contributed by atoms with E-state index in [4.69, 9.17) is 27.8 Å². The first-order valence-corrected chi connectivity index (χ1v) is 7.42. The first kappa shape index (κ1) is 17.6. The number of para-hydroxylation sites is 1. The number of rotatable bonds is 3. The average molecular weight is 325 g/mol. The lowest BCUT2D eigenvalue weighted by molar-refractivity contribution is -0.0109. The summed E-state index contributed by atoms with van der Waals surface area (Å²) in [6.07, 6.45) is 4.31. The molecule has 0 amide bonds. The first-order chi connectivity index (χ1) is 10.3. The second-order valence-electron chi connectivity index (χ2n) is 4.06. The first-order valence-electron chi connectivity index (χ1n) is 6.02. The fraction of sp³-hybridized carbons (Fsp3) is 0.154. The molecule has 118 valence electrons. The Bertz CT molecular complexity index is 711. The van der Waals surface area contributed by atoms with Crippen molar-refractivity contribution in [1.82, 2.24) is 0 Å². The van der Waals surface area contributed by atoms with Crippen molar-refractivity contribution in [3.63, 3.8) is 0 Å². The summed E-state index contributed by atoms with van der Waals surface area (Å²) < 4.78 is 36.7. The van der Waals surface area contributed by atoms with E-state index in [0.717, 1.165) is 11.4 Å². The zero-order valence-electron chi connectivity index (χ0n) is 11.7. The third-order valence-electron chi connectivity index (χ3n) is 2.49. The summed E-state index contributed by atoms with van der Waals surface area (Å²) in [5.41, 5.74) is 11.3. The van der Waals surface area contributed by atoms with Gasteiger partial charge in [-0.2, -0.15) is 13.2 Å². The largest absolute Gasteiger partial charge is 0.490 e. The molecule has 8 nitrogen and oxygen atoms in total. The van der Waals surface area contributed by atoms with Gasteiger partial charge in [0.05, 0.1) is 13.5 Å². The third-order valence-corrected chi connectivity index (χ3v) is 2.49. The molecular formula is C13H15N3O5S. The fourth-order valence-corrected chi connectivity index (χ4v) is 1.63. The van der Waals surface area contributed by atoms with Crippen LogP contribution in [0.3, 0.4) is 0 Å². The number of nitrogens with one attached hydrogen (secondary N) is 1. The Morgan fingerprint density at radius 3 is 2.36 bits per heavy atom. The smallest absolute Gasteiger partial charge is 0.394 e. The van der Waals surface area contributed by atoms with Crippen LogP contribution in [0.25, 0.3) is 5.53 Å². The Hall–Kier alpha value is -2.45. The Balaban J connectivity index is 0.000000422. The summed E-state index contributed by atoms with van der Waals surface area (Å²) in [6, 6.07) is 9.86. The van der Waals surface area contributed by atoms with Gasteiger partial charge in [0.15, 0.2) is 0 Å². The number of ether oxygens (including phenoxy) is 1. The van der Waals surface area contributed by atoms with Crippen LogP contribution in [0.2, 0.25) is 0 Å². The highest BCUT2D eigenvalue weighted by Crippen LogP contribution is 2.17. The van der Waals surface area contributed by atoms with Gasteiger partial charge in [0, 0.05) is 17.5 Å². The van der Waals surface area contributed by atoms with Gasteiger partial charge in [0.2, 0.25) is 5.76 Å². The van der Waals surface area contributed by atoms with Crippen LogP contribution in [0.1, 0.15) is 6.42 Å². The van der Waals surface area contributed by atoms with Crippen molar-refractivity contribution in [2.45, 2.75) is 6.42 Å². The second-order valence-corrected chi connectivity index (χ2v) is 4.96. The predicted molar refractivity (Wildman–Crippen MR) is 80.7 cm³/mol.